The molecule has 1 aromatic carbocycles. The van der Waals surface area contributed by atoms with Crippen molar-refractivity contribution in [2.24, 2.45) is 0 Å². The number of aromatic nitrogens is 3. The molecule has 5 N–H and O–H groups in total. The molecule has 3 aromatic rings. The van der Waals surface area contributed by atoms with Crippen LogP contribution in [0.15, 0.2) is 40.1 Å². The molecule has 0 aliphatic rings. The standard InChI is InChI=1S/C15H12ClN5O4/c16-7-4-10(17-5-7)14(24)18-6-11(22)19-9-3-1-2-8-12(9)15(25)21-20-13(8)23/h1-5,17H,6H2,(H,18,24)(H,19,22)(H,20,23)(H,21,25). The topological polar surface area (TPSA) is 140 Å². The number of benzene rings is 1. The summed E-state index contributed by atoms with van der Waals surface area (Å²) in [6, 6.07) is 5.91. The second-order valence-corrected chi connectivity index (χ2v) is 5.54. The maximum Gasteiger partial charge on any atom is 0.272 e. The Hall–Kier alpha value is -3.33. The van der Waals surface area contributed by atoms with Gasteiger partial charge in [-0.25, -0.2) is 0 Å². The number of anilines is 1. The van der Waals surface area contributed by atoms with E-state index in [1.54, 1.807) is 0 Å². The number of nitrogens with one attached hydrogen (secondary N) is 5. The molecule has 9 nitrogen and oxygen atoms in total. The lowest BCUT2D eigenvalue weighted by atomic mass is 10.1. The predicted molar refractivity (Wildman–Crippen MR) is 92.0 cm³/mol. The summed E-state index contributed by atoms with van der Waals surface area (Å²) in [7, 11) is 0. The number of fused-ring (bicyclic) bond motifs is 1. The van der Waals surface area contributed by atoms with Crippen molar-refractivity contribution in [1.82, 2.24) is 20.5 Å². The summed E-state index contributed by atoms with van der Waals surface area (Å²) in [6.45, 7) is -0.326. The van der Waals surface area contributed by atoms with Crippen LogP contribution in [0.3, 0.4) is 0 Å². The zero-order valence-electron chi connectivity index (χ0n) is 12.6. The van der Waals surface area contributed by atoms with Gasteiger partial charge < -0.3 is 15.6 Å². The van der Waals surface area contributed by atoms with E-state index in [1.807, 2.05) is 0 Å². The van der Waals surface area contributed by atoms with E-state index in [-0.39, 0.29) is 28.7 Å². The summed E-state index contributed by atoms with van der Waals surface area (Å²) < 4.78 is 0. The Bertz CT molecular complexity index is 1080. The van der Waals surface area contributed by atoms with Crippen LogP contribution in [0.4, 0.5) is 5.69 Å². The van der Waals surface area contributed by atoms with Crippen molar-refractivity contribution in [2.45, 2.75) is 0 Å². The van der Waals surface area contributed by atoms with Gasteiger partial charge in [-0.2, -0.15) is 0 Å². The maximum atomic E-state index is 12.0. The van der Waals surface area contributed by atoms with E-state index < -0.39 is 22.9 Å². The van der Waals surface area contributed by atoms with Crippen molar-refractivity contribution in [3.05, 3.63) is 61.9 Å². The quantitative estimate of drug-likeness (QED) is 0.463. The van der Waals surface area contributed by atoms with Gasteiger partial charge in [-0.3, -0.25) is 29.4 Å². The van der Waals surface area contributed by atoms with Gasteiger partial charge in [-0.05, 0) is 18.2 Å². The van der Waals surface area contributed by atoms with Gasteiger partial charge in [0.1, 0.15) is 5.69 Å². The van der Waals surface area contributed by atoms with Crippen molar-refractivity contribution in [3.8, 4) is 0 Å². The molecule has 0 atom stereocenters. The molecule has 10 heteroatoms. The minimum absolute atomic E-state index is 0.0575. The van der Waals surface area contributed by atoms with Gasteiger partial charge in [-0.15, -0.1) is 0 Å². The zero-order valence-corrected chi connectivity index (χ0v) is 13.4. The normalized spacial score (nSPS) is 10.6. The second kappa shape index (κ2) is 6.65. The maximum absolute atomic E-state index is 12.0. The first-order chi connectivity index (χ1) is 12.0. The fourth-order valence-corrected chi connectivity index (χ4v) is 2.45. The number of halogens is 1. The van der Waals surface area contributed by atoms with E-state index in [2.05, 4.69) is 25.8 Å². The Morgan fingerprint density at radius 2 is 1.88 bits per heavy atom. The van der Waals surface area contributed by atoms with Crippen LogP contribution in [-0.2, 0) is 4.79 Å². The number of carbonyl (C=O) groups is 2. The van der Waals surface area contributed by atoms with E-state index in [0.29, 0.717) is 5.02 Å². The first-order valence-electron chi connectivity index (χ1n) is 7.11. The fourth-order valence-electron chi connectivity index (χ4n) is 2.28. The predicted octanol–water partition coefficient (Wildman–Crippen LogP) is 0.566. The lowest BCUT2D eigenvalue weighted by Gasteiger charge is -2.08. The van der Waals surface area contributed by atoms with Crippen molar-refractivity contribution < 1.29 is 9.59 Å². The molecule has 128 valence electrons. The summed E-state index contributed by atoms with van der Waals surface area (Å²) in [5.74, 6) is -1.06. The minimum Gasteiger partial charge on any atom is -0.356 e. The molecule has 2 amide bonds. The Kier molecular flexibility index (Phi) is 4.40. The number of rotatable bonds is 4. The van der Waals surface area contributed by atoms with Gasteiger partial charge in [0, 0.05) is 6.20 Å². The van der Waals surface area contributed by atoms with Crippen molar-refractivity contribution in [3.63, 3.8) is 0 Å². The highest BCUT2D eigenvalue weighted by atomic mass is 35.5. The molecule has 0 aliphatic heterocycles. The lowest BCUT2D eigenvalue weighted by Crippen LogP contribution is -2.33. The number of hydrogen-bond donors (Lipinski definition) is 5. The number of aromatic amines is 3. The average molecular weight is 362 g/mol. The van der Waals surface area contributed by atoms with Gasteiger partial charge in [0.2, 0.25) is 5.91 Å². The van der Waals surface area contributed by atoms with E-state index in [4.69, 9.17) is 11.6 Å². The summed E-state index contributed by atoms with van der Waals surface area (Å²) in [5.41, 5.74) is -0.642. The number of carbonyl (C=O) groups excluding carboxylic acids is 2. The molecule has 0 radical (unpaired) electrons. The van der Waals surface area contributed by atoms with E-state index in [0.717, 1.165) is 0 Å². The Morgan fingerprint density at radius 3 is 2.60 bits per heavy atom. The van der Waals surface area contributed by atoms with Crippen LogP contribution in [-0.4, -0.2) is 33.5 Å². The number of hydrogen-bond acceptors (Lipinski definition) is 4. The molecule has 0 saturated carbocycles. The van der Waals surface area contributed by atoms with E-state index in [9.17, 15) is 19.2 Å². The fraction of sp³-hybridized carbons (Fsp3) is 0.0667. The van der Waals surface area contributed by atoms with Crippen LogP contribution in [0.5, 0.6) is 0 Å². The van der Waals surface area contributed by atoms with Gasteiger partial charge in [0.15, 0.2) is 0 Å². The lowest BCUT2D eigenvalue weighted by molar-refractivity contribution is -0.115. The summed E-state index contributed by atoms with van der Waals surface area (Å²) in [6.07, 6.45) is 1.44. The van der Waals surface area contributed by atoms with Crippen LogP contribution in [0, 0.1) is 0 Å². The summed E-state index contributed by atoms with van der Waals surface area (Å²) in [4.78, 5) is 50.2. The monoisotopic (exact) mass is 361 g/mol. The van der Waals surface area contributed by atoms with Crippen molar-refractivity contribution in [1.29, 1.82) is 0 Å². The molecule has 25 heavy (non-hydrogen) atoms. The first-order valence-corrected chi connectivity index (χ1v) is 7.49. The number of amides is 2. The van der Waals surface area contributed by atoms with E-state index >= 15 is 0 Å². The van der Waals surface area contributed by atoms with Gasteiger partial charge in [0.25, 0.3) is 17.0 Å². The molecule has 2 aromatic heterocycles. The van der Waals surface area contributed by atoms with Gasteiger partial charge >= 0.3 is 0 Å². The van der Waals surface area contributed by atoms with Crippen LogP contribution in [0.25, 0.3) is 10.8 Å². The molecule has 3 rings (SSSR count). The van der Waals surface area contributed by atoms with Gasteiger partial charge in [-0.1, -0.05) is 17.7 Å². The Morgan fingerprint density at radius 1 is 1.12 bits per heavy atom. The molecule has 2 heterocycles. The molecule has 0 spiro atoms. The highest BCUT2D eigenvalue weighted by Gasteiger charge is 2.13. The van der Waals surface area contributed by atoms with Crippen LogP contribution in [0.2, 0.25) is 5.02 Å². The third-order valence-electron chi connectivity index (χ3n) is 3.40. The zero-order chi connectivity index (χ0) is 18.0. The van der Waals surface area contributed by atoms with Crippen LogP contribution < -0.4 is 21.8 Å². The largest absolute Gasteiger partial charge is 0.356 e. The minimum atomic E-state index is -0.557. The first kappa shape index (κ1) is 16.5. The Balaban J connectivity index is 1.74. The van der Waals surface area contributed by atoms with Crippen molar-refractivity contribution in [2.75, 3.05) is 11.9 Å². The molecule has 0 unspecified atom stereocenters. The highest BCUT2D eigenvalue weighted by molar-refractivity contribution is 6.31. The smallest absolute Gasteiger partial charge is 0.272 e. The highest BCUT2D eigenvalue weighted by Crippen LogP contribution is 2.16. The van der Waals surface area contributed by atoms with Crippen molar-refractivity contribution >= 4 is 39.9 Å². The molecule has 0 bridgehead atoms. The molecule has 0 aliphatic carbocycles. The average Bonchev–Trinajstić information content (AvgIpc) is 3.03. The molecule has 0 saturated heterocycles. The van der Waals surface area contributed by atoms with E-state index in [1.165, 1.54) is 30.5 Å². The molecule has 0 fully saturated rings. The Labute approximate surface area is 144 Å². The summed E-state index contributed by atoms with van der Waals surface area (Å²) in [5, 5.41) is 9.89. The third kappa shape index (κ3) is 3.45. The molecular formula is C15H12ClN5O4. The molecular weight excluding hydrogens is 350 g/mol. The number of H-pyrrole nitrogens is 3. The van der Waals surface area contributed by atoms with Crippen LogP contribution in [0.1, 0.15) is 10.5 Å². The SMILES string of the molecule is O=C(CNC(=O)c1cc(Cl)c[nH]1)Nc1cccc2c(=O)[nH][nH]c(=O)c12. The van der Waals surface area contributed by atoms with Crippen LogP contribution >= 0.6 is 11.6 Å². The second-order valence-electron chi connectivity index (χ2n) is 5.10. The van der Waals surface area contributed by atoms with Gasteiger partial charge in [0.05, 0.1) is 28.0 Å². The third-order valence-corrected chi connectivity index (χ3v) is 3.62. The summed E-state index contributed by atoms with van der Waals surface area (Å²) >= 11 is 5.71.